The van der Waals surface area contributed by atoms with Crippen LogP contribution in [0.4, 0.5) is 0 Å². The van der Waals surface area contributed by atoms with Crippen molar-refractivity contribution < 1.29 is 23.4 Å². The number of hydrogen-bond acceptors (Lipinski definition) is 5. The molecule has 0 spiro atoms. The van der Waals surface area contributed by atoms with E-state index < -0.39 is 21.2 Å². The molecule has 0 saturated heterocycles. The topological polar surface area (TPSA) is 104 Å². The number of nitrogens with one attached hydrogen (secondary N) is 1. The predicted molar refractivity (Wildman–Crippen MR) is 127 cm³/mol. The summed E-state index contributed by atoms with van der Waals surface area (Å²) < 4.78 is 28.0. The molecule has 32 heavy (non-hydrogen) atoms. The van der Waals surface area contributed by atoms with Gasteiger partial charge in [0, 0.05) is 11.5 Å². The zero-order chi connectivity index (χ0) is 23.3. The van der Waals surface area contributed by atoms with Gasteiger partial charge in [-0.3, -0.25) is 4.79 Å². The van der Waals surface area contributed by atoms with Gasteiger partial charge in [-0.15, -0.1) is 0 Å². The van der Waals surface area contributed by atoms with Crippen molar-refractivity contribution in [2.45, 2.75) is 102 Å². The second kappa shape index (κ2) is 10.7. The number of benzene rings is 1. The molecule has 1 amide bonds. The molecule has 1 atom stereocenters. The van der Waals surface area contributed by atoms with E-state index in [2.05, 4.69) is 11.6 Å². The highest BCUT2D eigenvalue weighted by Crippen LogP contribution is 2.44. The number of carbonyl (C=O) groups excluding carboxylic acids is 1. The maximum Gasteiger partial charge on any atom is 0.268 e. The standard InChI is InChI=1S/C25H37NO5S/c1-3-4-6-11-19-16-21(27)22(18-12-9-10-17(2)15-18)24(28)23(19)25(29)26-32(30,31)20-13-7-5-8-14-20/h15-16,18,20,27-28H,3-14H2,1-2H3,(H,26,29). The third kappa shape index (κ3) is 5.66. The monoisotopic (exact) mass is 463 g/mol. The molecule has 0 heterocycles. The fraction of sp³-hybridized carbons (Fsp3) is 0.640. The lowest BCUT2D eigenvalue weighted by molar-refractivity contribution is 0.0977. The summed E-state index contributed by atoms with van der Waals surface area (Å²) in [5.74, 6) is -1.31. The van der Waals surface area contributed by atoms with Crippen molar-refractivity contribution in [3.8, 4) is 11.5 Å². The molecule has 2 aliphatic rings. The van der Waals surface area contributed by atoms with E-state index in [0.29, 0.717) is 30.4 Å². The van der Waals surface area contributed by atoms with Crippen molar-refractivity contribution in [3.63, 3.8) is 0 Å². The largest absolute Gasteiger partial charge is 0.507 e. The average molecular weight is 464 g/mol. The number of phenols is 2. The minimum absolute atomic E-state index is 0.00934. The molecule has 2 aliphatic carbocycles. The normalized spacial score (nSPS) is 20.1. The van der Waals surface area contributed by atoms with Crippen molar-refractivity contribution in [1.82, 2.24) is 4.72 Å². The highest BCUT2D eigenvalue weighted by molar-refractivity contribution is 7.90. The Labute approximate surface area is 192 Å². The first kappa shape index (κ1) is 24.6. The van der Waals surface area contributed by atoms with Crippen LogP contribution in [0.5, 0.6) is 11.5 Å². The Hall–Kier alpha value is -2.02. The molecule has 0 aromatic heterocycles. The van der Waals surface area contributed by atoms with Gasteiger partial charge in [-0.1, -0.05) is 50.7 Å². The van der Waals surface area contributed by atoms with E-state index in [9.17, 15) is 23.4 Å². The molecule has 1 fully saturated rings. The first-order valence-electron chi connectivity index (χ1n) is 12.1. The van der Waals surface area contributed by atoms with Gasteiger partial charge in [-0.25, -0.2) is 13.1 Å². The molecule has 0 bridgehead atoms. The Kier molecular flexibility index (Phi) is 8.26. The lowest BCUT2D eigenvalue weighted by Gasteiger charge is -2.25. The van der Waals surface area contributed by atoms with Crippen molar-refractivity contribution in [1.29, 1.82) is 0 Å². The Morgan fingerprint density at radius 2 is 1.81 bits per heavy atom. The fourth-order valence-electron chi connectivity index (χ4n) is 5.08. The van der Waals surface area contributed by atoms with Gasteiger partial charge < -0.3 is 10.2 Å². The zero-order valence-electron chi connectivity index (χ0n) is 19.3. The maximum absolute atomic E-state index is 13.2. The van der Waals surface area contributed by atoms with Crippen LogP contribution in [0.3, 0.4) is 0 Å². The van der Waals surface area contributed by atoms with Gasteiger partial charge in [-0.05, 0) is 63.5 Å². The number of rotatable bonds is 8. The first-order valence-corrected chi connectivity index (χ1v) is 13.6. The maximum atomic E-state index is 13.2. The first-order chi connectivity index (χ1) is 15.2. The molecule has 3 rings (SSSR count). The molecule has 0 aliphatic heterocycles. The van der Waals surface area contributed by atoms with E-state index >= 15 is 0 Å². The number of sulfonamides is 1. The van der Waals surface area contributed by atoms with E-state index in [-0.39, 0.29) is 23.0 Å². The highest BCUT2D eigenvalue weighted by Gasteiger charge is 2.32. The predicted octanol–water partition coefficient (Wildman–Crippen LogP) is 5.44. The Bertz CT molecular complexity index is 961. The molecule has 1 aromatic carbocycles. The number of aromatic hydroxyl groups is 2. The molecule has 1 aromatic rings. The van der Waals surface area contributed by atoms with Gasteiger partial charge in [0.05, 0.1) is 10.8 Å². The van der Waals surface area contributed by atoms with Gasteiger partial charge in [0.25, 0.3) is 5.91 Å². The van der Waals surface area contributed by atoms with E-state index in [4.69, 9.17) is 0 Å². The quantitative estimate of drug-likeness (QED) is 0.352. The van der Waals surface area contributed by atoms with Gasteiger partial charge in [0.1, 0.15) is 11.5 Å². The van der Waals surface area contributed by atoms with E-state index in [1.165, 1.54) is 5.57 Å². The number of aryl methyl sites for hydroxylation is 1. The average Bonchev–Trinajstić information content (AvgIpc) is 2.74. The Morgan fingerprint density at radius 3 is 2.47 bits per heavy atom. The SMILES string of the molecule is CCCCCc1cc(O)c(C2C=C(C)CCC2)c(O)c1C(=O)NS(=O)(=O)C1CCCCC1. The van der Waals surface area contributed by atoms with Crippen LogP contribution in [0.2, 0.25) is 0 Å². The van der Waals surface area contributed by atoms with Crippen LogP contribution in [0.15, 0.2) is 17.7 Å². The molecule has 178 valence electrons. The van der Waals surface area contributed by atoms with Gasteiger partial charge >= 0.3 is 0 Å². The van der Waals surface area contributed by atoms with Crippen LogP contribution >= 0.6 is 0 Å². The van der Waals surface area contributed by atoms with Crippen LogP contribution in [0, 0.1) is 0 Å². The number of unbranched alkanes of at least 4 members (excludes halogenated alkanes) is 2. The van der Waals surface area contributed by atoms with Gasteiger partial charge in [0.15, 0.2) is 0 Å². The van der Waals surface area contributed by atoms with Crippen molar-refractivity contribution >= 4 is 15.9 Å². The summed E-state index contributed by atoms with van der Waals surface area (Å²) >= 11 is 0. The molecule has 1 unspecified atom stereocenters. The second-order valence-electron chi connectivity index (χ2n) is 9.40. The lowest BCUT2D eigenvalue weighted by Crippen LogP contribution is -2.39. The molecular formula is C25H37NO5S. The number of phenolic OH excluding ortho intramolecular Hbond substituents is 2. The van der Waals surface area contributed by atoms with Crippen LogP contribution in [0.25, 0.3) is 0 Å². The van der Waals surface area contributed by atoms with Gasteiger partial charge in [-0.2, -0.15) is 0 Å². The lowest BCUT2D eigenvalue weighted by atomic mass is 9.83. The second-order valence-corrected chi connectivity index (χ2v) is 11.4. The van der Waals surface area contributed by atoms with Crippen LogP contribution < -0.4 is 4.72 Å². The molecule has 6 nitrogen and oxygen atoms in total. The van der Waals surface area contributed by atoms with Crippen LogP contribution in [0.1, 0.15) is 112 Å². The van der Waals surface area contributed by atoms with Crippen molar-refractivity contribution in [2.75, 3.05) is 0 Å². The summed E-state index contributed by atoms with van der Waals surface area (Å²) in [5.41, 5.74) is 1.98. The summed E-state index contributed by atoms with van der Waals surface area (Å²) in [6, 6.07) is 1.55. The smallest absolute Gasteiger partial charge is 0.268 e. The summed E-state index contributed by atoms with van der Waals surface area (Å²) in [6.07, 6.45) is 11.7. The zero-order valence-corrected chi connectivity index (χ0v) is 20.1. The van der Waals surface area contributed by atoms with E-state index in [1.54, 1.807) is 6.07 Å². The molecule has 3 N–H and O–H groups in total. The molecular weight excluding hydrogens is 426 g/mol. The third-order valence-electron chi connectivity index (χ3n) is 6.85. The minimum atomic E-state index is -3.83. The van der Waals surface area contributed by atoms with Crippen molar-refractivity contribution in [3.05, 3.63) is 34.4 Å². The minimum Gasteiger partial charge on any atom is -0.507 e. The van der Waals surface area contributed by atoms with Gasteiger partial charge in [0.2, 0.25) is 10.0 Å². The summed E-state index contributed by atoms with van der Waals surface area (Å²) in [7, 11) is -3.83. The third-order valence-corrected chi connectivity index (χ3v) is 8.66. The summed E-state index contributed by atoms with van der Waals surface area (Å²) in [5, 5.41) is 21.4. The van der Waals surface area contributed by atoms with E-state index in [1.807, 2.05) is 13.0 Å². The fourth-order valence-corrected chi connectivity index (χ4v) is 6.56. The van der Waals surface area contributed by atoms with Crippen molar-refractivity contribution in [2.24, 2.45) is 0 Å². The number of hydrogen-bond donors (Lipinski definition) is 3. The van der Waals surface area contributed by atoms with E-state index in [0.717, 1.165) is 57.8 Å². The Balaban J connectivity index is 1.99. The summed E-state index contributed by atoms with van der Waals surface area (Å²) in [4.78, 5) is 13.2. The molecule has 0 radical (unpaired) electrons. The number of allylic oxidation sites excluding steroid dienone is 2. The molecule has 1 saturated carbocycles. The highest BCUT2D eigenvalue weighted by atomic mass is 32.2. The number of amides is 1. The molecule has 7 heteroatoms. The summed E-state index contributed by atoms with van der Waals surface area (Å²) in [6.45, 7) is 4.09. The van der Waals surface area contributed by atoms with Crippen LogP contribution in [-0.4, -0.2) is 29.8 Å². The number of carbonyl (C=O) groups is 1. The Morgan fingerprint density at radius 1 is 1.09 bits per heavy atom. The van der Waals surface area contributed by atoms with Crippen LogP contribution in [-0.2, 0) is 16.4 Å².